The van der Waals surface area contributed by atoms with E-state index in [9.17, 15) is 9.18 Å². The molecule has 0 aliphatic carbocycles. The maximum Gasteiger partial charge on any atom is 0.255 e. The summed E-state index contributed by atoms with van der Waals surface area (Å²) in [6.07, 6.45) is 0. The minimum Gasteiger partial charge on any atom is -0.398 e. The highest BCUT2D eigenvalue weighted by Gasteiger charge is 2.15. The number of amides is 1. The van der Waals surface area contributed by atoms with Crippen molar-refractivity contribution in [3.63, 3.8) is 0 Å². The van der Waals surface area contributed by atoms with Crippen molar-refractivity contribution in [2.45, 2.75) is 6.54 Å². The van der Waals surface area contributed by atoms with Gasteiger partial charge in [-0.2, -0.15) is 0 Å². The predicted octanol–water partition coefficient (Wildman–Crippen LogP) is 3.44. The summed E-state index contributed by atoms with van der Waals surface area (Å²) in [7, 11) is 1.69. The molecule has 0 unspecified atom stereocenters. The predicted molar refractivity (Wildman–Crippen MR) is 80.8 cm³/mol. The van der Waals surface area contributed by atoms with Gasteiger partial charge in [-0.3, -0.25) is 4.79 Å². The van der Waals surface area contributed by atoms with Gasteiger partial charge in [0.25, 0.3) is 5.91 Å². The topological polar surface area (TPSA) is 46.3 Å². The maximum absolute atomic E-state index is 12.8. The summed E-state index contributed by atoms with van der Waals surface area (Å²) in [4.78, 5) is 13.9. The van der Waals surface area contributed by atoms with E-state index in [1.165, 1.54) is 12.1 Å². The molecule has 0 saturated heterocycles. The summed E-state index contributed by atoms with van der Waals surface area (Å²) in [5.41, 5.74) is 7.59. The molecule has 0 radical (unpaired) electrons. The zero-order chi connectivity index (χ0) is 14.7. The van der Waals surface area contributed by atoms with Gasteiger partial charge in [0, 0.05) is 23.8 Å². The van der Waals surface area contributed by atoms with Crippen LogP contribution < -0.4 is 5.73 Å². The SMILES string of the molecule is CN(Cc1ccc(F)cc1)C(=O)c1ccc(Br)cc1N. The quantitative estimate of drug-likeness (QED) is 0.872. The Morgan fingerprint density at radius 1 is 1.25 bits per heavy atom. The molecule has 0 aliphatic rings. The van der Waals surface area contributed by atoms with Crippen molar-refractivity contribution < 1.29 is 9.18 Å². The molecule has 0 saturated carbocycles. The van der Waals surface area contributed by atoms with E-state index in [0.717, 1.165) is 10.0 Å². The zero-order valence-electron chi connectivity index (χ0n) is 10.9. The van der Waals surface area contributed by atoms with Crippen LogP contribution in [-0.2, 0) is 6.54 Å². The number of hydrogen-bond donors (Lipinski definition) is 1. The van der Waals surface area contributed by atoms with Crippen LogP contribution in [0.15, 0.2) is 46.9 Å². The molecule has 0 aliphatic heterocycles. The monoisotopic (exact) mass is 336 g/mol. The molecule has 1 amide bonds. The number of benzene rings is 2. The minimum atomic E-state index is -0.292. The lowest BCUT2D eigenvalue weighted by atomic mass is 10.1. The number of carbonyl (C=O) groups excluding carboxylic acids is 1. The zero-order valence-corrected chi connectivity index (χ0v) is 12.5. The molecule has 3 nitrogen and oxygen atoms in total. The number of rotatable bonds is 3. The summed E-state index contributed by atoms with van der Waals surface area (Å²) < 4.78 is 13.7. The number of nitrogen functional groups attached to an aromatic ring is 1. The molecule has 2 aromatic carbocycles. The van der Waals surface area contributed by atoms with E-state index in [2.05, 4.69) is 15.9 Å². The van der Waals surface area contributed by atoms with Gasteiger partial charge in [0.1, 0.15) is 5.82 Å². The molecule has 0 bridgehead atoms. The van der Waals surface area contributed by atoms with Crippen LogP contribution >= 0.6 is 15.9 Å². The van der Waals surface area contributed by atoms with Crippen LogP contribution in [0.3, 0.4) is 0 Å². The van der Waals surface area contributed by atoms with Gasteiger partial charge in [-0.1, -0.05) is 28.1 Å². The van der Waals surface area contributed by atoms with Crippen molar-refractivity contribution in [2.75, 3.05) is 12.8 Å². The van der Waals surface area contributed by atoms with E-state index in [1.807, 2.05) is 0 Å². The smallest absolute Gasteiger partial charge is 0.255 e. The second-order valence-corrected chi connectivity index (χ2v) is 5.43. The Morgan fingerprint density at radius 2 is 1.90 bits per heavy atom. The van der Waals surface area contributed by atoms with E-state index in [0.29, 0.717) is 17.8 Å². The second kappa shape index (κ2) is 6.05. The average molecular weight is 337 g/mol. The van der Waals surface area contributed by atoms with Crippen LogP contribution in [0.1, 0.15) is 15.9 Å². The lowest BCUT2D eigenvalue weighted by Gasteiger charge is -2.18. The number of anilines is 1. The molecular weight excluding hydrogens is 323 g/mol. The first kappa shape index (κ1) is 14.5. The van der Waals surface area contributed by atoms with Gasteiger partial charge in [-0.25, -0.2) is 4.39 Å². The van der Waals surface area contributed by atoms with Crippen LogP contribution in [0.25, 0.3) is 0 Å². The molecule has 0 heterocycles. The normalized spacial score (nSPS) is 10.3. The Labute approximate surface area is 125 Å². The van der Waals surface area contributed by atoms with Crippen molar-refractivity contribution in [3.05, 3.63) is 63.9 Å². The van der Waals surface area contributed by atoms with E-state index in [1.54, 1.807) is 42.3 Å². The molecule has 0 fully saturated rings. The highest BCUT2D eigenvalue weighted by atomic mass is 79.9. The number of carbonyl (C=O) groups is 1. The van der Waals surface area contributed by atoms with Gasteiger partial charge in [0.05, 0.1) is 5.56 Å². The molecule has 104 valence electrons. The third-order valence-electron chi connectivity index (χ3n) is 2.92. The highest BCUT2D eigenvalue weighted by molar-refractivity contribution is 9.10. The fourth-order valence-electron chi connectivity index (χ4n) is 1.87. The standard InChI is InChI=1S/C15H14BrFN2O/c1-19(9-10-2-5-12(17)6-3-10)15(20)13-7-4-11(16)8-14(13)18/h2-8H,9,18H2,1H3. The van der Waals surface area contributed by atoms with Crippen LogP contribution in [0.2, 0.25) is 0 Å². The van der Waals surface area contributed by atoms with E-state index in [4.69, 9.17) is 5.73 Å². The Bertz CT molecular complexity index is 628. The largest absolute Gasteiger partial charge is 0.398 e. The third kappa shape index (κ3) is 3.36. The summed E-state index contributed by atoms with van der Waals surface area (Å²) in [6.45, 7) is 0.397. The summed E-state index contributed by atoms with van der Waals surface area (Å²) in [5.74, 6) is -0.459. The van der Waals surface area contributed by atoms with E-state index in [-0.39, 0.29) is 11.7 Å². The van der Waals surface area contributed by atoms with Gasteiger partial charge >= 0.3 is 0 Å². The Hall–Kier alpha value is -1.88. The lowest BCUT2D eigenvalue weighted by molar-refractivity contribution is 0.0786. The molecule has 0 aromatic heterocycles. The summed E-state index contributed by atoms with van der Waals surface area (Å²) in [6, 6.07) is 11.2. The highest BCUT2D eigenvalue weighted by Crippen LogP contribution is 2.20. The van der Waals surface area contributed by atoms with Gasteiger partial charge in [0.2, 0.25) is 0 Å². The number of hydrogen-bond acceptors (Lipinski definition) is 2. The number of halogens is 2. The van der Waals surface area contributed by atoms with Crippen LogP contribution in [-0.4, -0.2) is 17.9 Å². The molecule has 0 spiro atoms. The van der Waals surface area contributed by atoms with Crippen molar-refractivity contribution in [3.8, 4) is 0 Å². The van der Waals surface area contributed by atoms with Gasteiger partial charge < -0.3 is 10.6 Å². The first-order chi connectivity index (χ1) is 9.47. The lowest BCUT2D eigenvalue weighted by Crippen LogP contribution is -2.27. The van der Waals surface area contributed by atoms with Gasteiger partial charge in [0.15, 0.2) is 0 Å². The Kier molecular flexibility index (Phi) is 4.39. The first-order valence-corrected chi connectivity index (χ1v) is 6.81. The fourth-order valence-corrected chi connectivity index (χ4v) is 2.25. The number of nitrogens with two attached hydrogens (primary N) is 1. The third-order valence-corrected chi connectivity index (χ3v) is 3.42. The average Bonchev–Trinajstić information content (AvgIpc) is 2.40. The van der Waals surface area contributed by atoms with Crippen LogP contribution in [0, 0.1) is 5.82 Å². The second-order valence-electron chi connectivity index (χ2n) is 4.52. The molecule has 0 atom stereocenters. The van der Waals surface area contributed by atoms with E-state index < -0.39 is 0 Å². The van der Waals surface area contributed by atoms with Gasteiger partial charge in [-0.15, -0.1) is 0 Å². The maximum atomic E-state index is 12.8. The van der Waals surface area contributed by atoms with Crippen molar-refractivity contribution >= 4 is 27.5 Å². The summed E-state index contributed by atoms with van der Waals surface area (Å²) in [5, 5.41) is 0. The van der Waals surface area contributed by atoms with E-state index >= 15 is 0 Å². The van der Waals surface area contributed by atoms with Crippen molar-refractivity contribution in [1.82, 2.24) is 4.90 Å². The van der Waals surface area contributed by atoms with Crippen LogP contribution in [0.4, 0.5) is 10.1 Å². The minimum absolute atomic E-state index is 0.167. The molecular formula is C15H14BrFN2O. The Balaban J connectivity index is 2.14. The molecule has 2 N–H and O–H groups in total. The van der Waals surface area contributed by atoms with Crippen molar-refractivity contribution in [2.24, 2.45) is 0 Å². The van der Waals surface area contributed by atoms with Crippen LogP contribution in [0.5, 0.6) is 0 Å². The fraction of sp³-hybridized carbons (Fsp3) is 0.133. The van der Waals surface area contributed by atoms with Crippen molar-refractivity contribution in [1.29, 1.82) is 0 Å². The Morgan fingerprint density at radius 3 is 2.50 bits per heavy atom. The molecule has 5 heteroatoms. The molecule has 20 heavy (non-hydrogen) atoms. The summed E-state index contributed by atoms with van der Waals surface area (Å²) >= 11 is 3.30. The number of nitrogens with zero attached hydrogens (tertiary/aromatic N) is 1. The molecule has 2 aromatic rings. The first-order valence-electron chi connectivity index (χ1n) is 6.02. The van der Waals surface area contributed by atoms with Gasteiger partial charge in [-0.05, 0) is 35.9 Å². The molecule has 2 rings (SSSR count).